The van der Waals surface area contributed by atoms with Gasteiger partial charge in [-0.25, -0.2) is 0 Å². The molecule has 4 nitrogen and oxygen atoms in total. The molecule has 1 unspecified atom stereocenters. The highest BCUT2D eigenvalue weighted by Gasteiger charge is 2.25. The van der Waals surface area contributed by atoms with Gasteiger partial charge in [0.15, 0.2) is 0 Å². The molecule has 0 spiro atoms. The number of nitrogens with two attached hydrogens (primary N) is 1. The van der Waals surface area contributed by atoms with E-state index in [9.17, 15) is 9.90 Å². The van der Waals surface area contributed by atoms with Gasteiger partial charge in [-0.2, -0.15) is 0 Å². The van der Waals surface area contributed by atoms with Crippen LogP contribution in [0.2, 0.25) is 0 Å². The van der Waals surface area contributed by atoms with E-state index >= 15 is 0 Å². The molecule has 1 heterocycles. The first-order valence-electron chi connectivity index (χ1n) is 7.37. The molecule has 1 amide bonds. The predicted octanol–water partition coefficient (Wildman–Crippen LogP) is 2.24. The number of carbonyl (C=O) groups is 1. The summed E-state index contributed by atoms with van der Waals surface area (Å²) in [5, 5.41) is 9.57. The number of aryl methyl sites for hydroxylation is 1. The van der Waals surface area contributed by atoms with Crippen LogP contribution in [0.3, 0.4) is 0 Å². The molecule has 0 aromatic heterocycles. The molecule has 0 radical (unpaired) electrons. The maximum atomic E-state index is 12.2. The van der Waals surface area contributed by atoms with Crippen molar-refractivity contribution in [3.05, 3.63) is 29.8 Å². The Morgan fingerprint density at radius 1 is 1.38 bits per heavy atom. The number of aliphatic hydroxyl groups is 1. The molecule has 1 saturated heterocycles. The largest absolute Gasteiger partial charge is 0.399 e. The summed E-state index contributed by atoms with van der Waals surface area (Å²) in [6.07, 6.45) is 2.74. The SMILES string of the molecule is CC(O)C1CCN(C(=O)CCc2ccccc2N)CC1.Cl. The average molecular weight is 313 g/mol. The Kier molecular flexibility index (Phi) is 6.99. The van der Waals surface area contributed by atoms with E-state index in [1.165, 1.54) is 0 Å². The van der Waals surface area contributed by atoms with Crippen molar-refractivity contribution >= 4 is 24.0 Å². The van der Waals surface area contributed by atoms with E-state index in [1.807, 2.05) is 36.1 Å². The number of nitrogen functional groups attached to an aromatic ring is 1. The molecule has 5 heteroatoms. The van der Waals surface area contributed by atoms with Gasteiger partial charge in [0.25, 0.3) is 0 Å². The third-order valence-electron chi connectivity index (χ3n) is 4.24. The van der Waals surface area contributed by atoms with Gasteiger partial charge < -0.3 is 15.7 Å². The van der Waals surface area contributed by atoms with E-state index < -0.39 is 0 Å². The van der Waals surface area contributed by atoms with Crippen LogP contribution in [0.5, 0.6) is 0 Å². The molecule has 1 aromatic carbocycles. The van der Waals surface area contributed by atoms with Gasteiger partial charge in [-0.05, 0) is 43.7 Å². The fraction of sp³-hybridized carbons (Fsp3) is 0.562. The molecule has 1 aromatic rings. The summed E-state index contributed by atoms with van der Waals surface area (Å²) in [5.41, 5.74) is 7.68. The fourth-order valence-electron chi connectivity index (χ4n) is 2.79. The number of anilines is 1. The van der Waals surface area contributed by atoms with Gasteiger partial charge in [0.2, 0.25) is 5.91 Å². The molecule has 118 valence electrons. The third-order valence-corrected chi connectivity index (χ3v) is 4.24. The molecule has 2 rings (SSSR count). The molecule has 1 fully saturated rings. The van der Waals surface area contributed by atoms with Crippen LogP contribution in [-0.2, 0) is 11.2 Å². The highest BCUT2D eigenvalue weighted by molar-refractivity contribution is 5.85. The summed E-state index contributed by atoms with van der Waals surface area (Å²) in [7, 11) is 0. The lowest BCUT2D eigenvalue weighted by Crippen LogP contribution is -2.40. The zero-order valence-electron chi connectivity index (χ0n) is 12.5. The van der Waals surface area contributed by atoms with Crippen LogP contribution in [0, 0.1) is 5.92 Å². The van der Waals surface area contributed by atoms with Gasteiger partial charge in [0, 0.05) is 25.2 Å². The van der Waals surface area contributed by atoms with E-state index in [1.54, 1.807) is 0 Å². The molecule has 3 N–H and O–H groups in total. The number of halogens is 1. The van der Waals surface area contributed by atoms with E-state index in [4.69, 9.17) is 5.73 Å². The summed E-state index contributed by atoms with van der Waals surface area (Å²) in [6.45, 7) is 3.36. The first kappa shape index (κ1) is 17.8. The minimum absolute atomic E-state index is 0. The maximum Gasteiger partial charge on any atom is 0.222 e. The predicted molar refractivity (Wildman–Crippen MR) is 87.4 cm³/mol. The van der Waals surface area contributed by atoms with Gasteiger partial charge in [-0.1, -0.05) is 18.2 Å². The van der Waals surface area contributed by atoms with Gasteiger partial charge in [0.1, 0.15) is 0 Å². The standard InChI is InChI=1S/C16H24N2O2.ClH/c1-12(19)13-8-10-18(11-9-13)16(20)7-6-14-4-2-3-5-15(14)17;/h2-5,12-13,19H,6-11,17H2,1H3;1H. The van der Waals surface area contributed by atoms with Crippen molar-refractivity contribution in [1.82, 2.24) is 4.90 Å². The number of nitrogens with zero attached hydrogens (tertiary/aromatic N) is 1. The number of piperidine rings is 1. The number of rotatable bonds is 4. The Bertz CT molecular complexity index is 457. The van der Waals surface area contributed by atoms with Gasteiger partial charge >= 0.3 is 0 Å². The zero-order valence-corrected chi connectivity index (χ0v) is 13.3. The Balaban J connectivity index is 0.00000220. The molecular formula is C16H25ClN2O2. The molecule has 1 aliphatic heterocycles. The lowest BCUT2D eigenvalue weighted by Gasteiger charge is -2.33. The highest BCUT2D eigenvalue weighted by Crippen LogP contribution is 2.21. The maximum absolute atomic E-state index is 12.2. The number of aliphatic hydroxyl groups excluding tert-OH is 1. The number of hydrogen-bond acceptors (Lipinski definition) is 3. The molecule has 1 aliphatic rings. The number of benzene rings is 1. The van der Waals surface area contributed by atoms with Crippen LogP contribution in [0.1, 0.15) is 31.7 Å². The average Bonchev–Trinajstić information content (AvgIpc) is 2.46. The van der Waals surface area contributed by atoms with E-state index in [0.29, 0.717) is 18.8 Å². The minimum atomic E-state index is -0.267. The Morgan fingerprint density at radius 2 is 2.00 bits per heavy atom. The molecule has 0 bridgehead atoms. The van der Waals surface area contributed by atoms with Crippen molar-refractivity contribution in [3.8, 4) is 0 Å². The van der Waals surface area contributed by atoms with E-state index in [2.05, 4.69) is 0 Å². The Morgan fingerprint density at radius 3 is 2.57 bits per heavy atom. The van der Waals surface area contributed by atoms with Crippen LogP contribution in [0.15, 0.2) is 24.3 Å². The molecule has 0 aliphatic carbocycles. The third kappa shape index (κ3) is 4.90. The molecule has 1 atom stereocenters. The van der Waals surface area contributed by atoms with Crippen molar-refractivity contribution in [2.24, 2.45) is 5.92 Å². The molecule has 0 saturated carbocycles. The normalized spacial score (nSPS) is 17.1. The smallest absolute Gasteiger partial charge is 0.222 e. The second kappa shape index (κ2) is 8.25. The number of hydrogen-bond donors (Lipinski definition) is 2. The first-order valence-corrected chi connectivity index (χ1v) is 7.37. The first-order chi connectivity index (χ1) is 9.58. The zero-order chi connectivity index (χ0) is 14.5. The van der Waals surface area contributed by atoms with Gasteiger partial charge in [0.05, 0.1) is 6.10 Å². The van der Waals surface area contributed by atoms with E-state index in [-0.39, 0.29) is 24.4 Å². The summed E-state index contributed by atoms with van der Waals surface area (Å²) in [5.74, 6) is 0.529. The van der Waals surface area contributed by atoms with E-state index in [0.717, 1.165) is 37.2 Å². The molecule has 21 heavy (non-hydrogen) atoms. The second-order valence-electron chi connectivity index (χ2n) is 5.66. The topological polar surface area (TPSA) is 66.6 Å². The summed E-state index contributed by atoms with van der Waals surface area (Å²) in [4.78, 5) is 14.1. The lowest BCUT2D eigenvalue weighted by atomic mass is 9.92. The Labute approximate surface area is 132 Å². The van der Waals surface area contributed by atoms with Gasteiger partial charge in [-0.3, -0.25) is 4.79 Å². The van der Waals surface area contributed by atoms with Crippen LogP contribution >= 0.6 is 12.4 Å². The minimum Gasteiger partial charge on any atom is -0.399 e. The Hall–Kier alpha value is -1.26. The molecular weight excluding hydrogens is 288 g/mol. The number of likely N-dealkylation sites (tertiary alicyclic amines) is 1. The van der Waals surface area contributed by atoms with Crippen LogP contribution in [0.25, 0.3) is 0 Å². The van der Waals surface area contributed by atoms with Crippen LogP contribution in [-0.4, -0.2) is 35.1 Å². The van der Waals surface area contributed by atoms with Crippen molar-refractivity contribution in [3.63, 3.8) is 0 Å². The van der Waals surface area contributed by atoms with Gasteiger partial charge in [-0.15, -0.1) is 12.4 Å². The van der Waals surface area contributed by atoms with Crippen LogP contribution in [0.4, 0.5) is 5.69 Å². The quantitative estimate of drug-likeness (QED) is 0.838. The van der Waals surface area contributed by atoms with Crippen LogP contribution < -0.4 is 5.73 Å². The number of para-hydroxylation sites is 1. The second-order valence-corrected chi connectivity index (χ2v) is 5.66. The fourth-order valence-corrected chi connectivity index (χ4v) is 2.79. The number of amides is 1. The number of carbonyl (C=O) groups excluding carboxylic acids is 1. The van der Waals surface area contributed by atoms with Crippen molar-refractivity contribution in [1.29, 1.82) is 0 Å². The summed E-state index contributed by atoms with van der Waals surface area (Å²) < 4.78 is 0. The summed E-state index contributed by atoms with van der Waals surface area (Å²) >= 11 is 0. The van der Waals surface area contributed by atoms with Crippen molar-refractivity contribution in [2.45, 2.75) is 38.7 Å². The lowest BCUT2D eigenvalue weighted by molar-refractivity contribution is -0.133. The van der Waals surface area contributed by atoms with Crippen molar-refractivity contribution < 1.29 is 9.90 Å². The monoisotopic (exact) mass is 312 g/mol. The highest BCUT2D eigenvalue weighted by atomic mass is 35.5. The summed E-state index contributed by atoms with van der Waals surface area (Å²) in [6, 6.07) is 7.70. The van der Waals surface area contributed by atoms with Crippen molar-refractivity contribution in [2.75, 3.05) is 18.8 Å².